The topological polar surface area (TPSA) is 63.2 Å². The van der Waals surface area contributed by atoms with Crippen molar-refractivity contribution < 1.29 is 44.2 Å². The van der Waals surface area contributed by atoms with Crippen LogP contribution in [0, 0.1) is 0 Å². The molecule has 0 N–H and O–H groups in total. The van der Waals surface area contributed by atoms with E-state index < -0.39 is 6.16 Å². The third-order valence-electron chi connectivity index (χ3n) is 0. The maximum Gasteiger partial charge on any atom is 3.00 e. The Morgan fingerprint density at radius 2 is 1.33 bits per heavy atom. The minimum atomic E-state index is -2.33. The van der Waals surface area contributed by atoms with Gasteiger partial charge in [-0.15, -0.1) is 0 Å². The smallest absolute Gasteiger partial charge is 1.00 e. The number of carbonyl (C=O) groups excluding carboxylic acids is 1. The monoisotopic (exact) mass is 154 g/mol. The minimum absolute atomic E-state index is 0. The van der Waals surface area contributed by atoms with Gasteiger partial charge in [-0.1, -0.05) is 0 Å². The Morgan fingerprint density at radius 1 is 1.33 bits per heavy atom. The van der Waals surface area contributed by atoms with Gasteiger partial charge < -0.3 is 27.4 Å². The molecule has 0 rings (SSSR count). The molecule has 0 aromatic heterocycles. The molecule has 0 heterocycles. The Labute approximate surface area is 51.0 Å². The fraction of sp³-hybridized carbons (Fsp3) is 0. The summed E-state index contributed by atoms with van der Waals surface area (Å²) in [6, 6.07) is 0. The number of hydrogen-bond donors (Lipinski definition) is 0. The molecule has 0 atom stereocenters. The molecule has 0 saturated carbocycles. The Balaban J connectivity index is -0.0000000450. The van der Waals surface area contributed by atoms with Gasteiger partial charge in [-0.05, 0) is 6.16 Å². The Hall–Kier alpha value is 0.0665. The summed E-state index contributed by atoms with van der Waals surface area (Å²) >= 11 is 0. The van der Waals surface area contributed by atoms with Crippen molar-refractivity contribution in [1.82, 2.24) is 0 Å². The molecule has 0 spiro atoms. The summed E-state index contributed by atoms with van der Waals surface area (Å²) in [6.07, 6.45) is -2.33. The van der Waals surface area contributed by atoms with Crippen LogP contribution in [-0.2, 0) is 16.8 Å². The maximum absolute atomic E-state index is 8.33. The van der Waals surface area contributed by atoms with E-state index in [0.717, 1.165) is 0 Å². The molecule has 0 aliphatic rings. The first-order valence-electron chi connectivity index (χ1n) is 0.612. The quantitative estimate of drug-likeness (QED) is 0.350. The summed E-state index contributed by atoms with van der Waals surface area (Å²) in [6.45, 7) is 0. The normalized spacial score (nSPS) is 4.00. The molecule has 0 unspecified atom stereocenters. The van der Waals surface area contributed by atoms with Gasteiger partial charge >= 0.3 is 16.8 Å². The molecule has 0 radical (unpaired) electrons. The molecular formula is CClCoO3. The molecule has 0 aromatic carbocycles. The predicted octanol–water partition coefficient (Wildman–Crippen LogP) is -5.45. The van der Waals surface area contributed by atoms with Crippen LogP contribution in [-0.4, -0.2) is 6.16 Å². The second kappa shape index (κ2) is 8.91. The van der Waals surface area contributed by atoms with Gasteiger partial charge in [-0.2, -0.15) is 0 Å². The van der Waals surface area contributed by atoms with Crippen molar-refractivity contribution in [3.05, 3.63) is 0 Å². The van der Waals surface area contributed by atoms with Crippen LogP contribution in [0.3, 0.4) is 0 Å². The number of halogens is 1. The van der Waals surface area contributed by atoms with Crippen LogP contribution in [0.1, 0.15) is 0 Å². The van der Waals surface area contributed by atoms with Crippen LogP contribution in [0.2, 0.25) is 0 Å². The maximum atomic E-state index is 8.33. The van der Waals surface area contributed by atoms with E-state index in [2.05, 4.69) is 0 Å². The van der Waals surface area contributed by atoms with Crippen molar-refractivity contribution in [2.75, 3.05) is 0 Å². The fourth-order valence-electron chi connectivity index (χ4n) is 0. The summed E-state index contributed by atoms with van der Waals surface area (Å²) in [5.41, 5.74) is 0. The van der Waals surface area contributed by atoms with Crippen molar-refractivity contribution in [3.63, 3.8) is 0 Å². The second-order valence-corrected chi connectivity index (χ2v) is 0.250. The zero-order valence-electron chi connectivity index (χ0n) is 2.44. The van der Waals surface area contributed by atoms with Crippen LogP contribution < -0.4 is 22.6 Å². The van der Waals surface area contributed by atoms with E-state index in [-0.39, 0.29) is 29.2 Å². The summed E-state index contributed by atoms with van der Waals surface area (Å²) in [4.78, 5) is 8.33. The average Bonchev–Trinajstić information content (AvgIpc) is 0.811. The summed E-state index contributed by atoms with van der Waals surface area (Å²) < 4.78 is 0. The van der Waals surface area contributed by atoms with E-state index >= 15 is 0 Å². The Kier molecular flexibility index (Phi) is 24.6. The second-order valence-electron chi connectivity index (χ2n) is 0.250. The molecule has 0 aliphatic heterocycles. The van der Waals surface area contributed by atoms with E-state index in [1.165, 1.54) is 0 Å². The predicted molar refractivity (Wildman–Crippen MR) is 5.40 cm³/mol. The molecule has 0 fully saturated rings. The van der Waals surface area contributed by atoms with Gasteiger partial charge in [0.25, 0.3) is 0 Å². The van der Waals surface area contributed by atoms with E-state index in [1.807, 2.05) is 0 Å². The zero-order chi connectivity index (χ0) is 3.58. The van der Waals surface area contributed by atoms with Gasteiger partial charge in [0.15, 0.2) is 0 Å². The molecule has 0 aliphatic carbocycles. The third-order valence-corrected chi connectivity index (χ3v) is 0. The van der Waals surface area contributed by atoms with Crippen molar-refractivity contribution in [2.45, 2.75) is 0 Å². The van der Waals surface area contributed by atoms with Crippen molar-refractivity contribution in [1.29, 1.82) is 0 Å². The van der Waals surface area contributed by atoms with Gasteiger partial charge in [-0.25, -0.2) is 0 Å². The van der Waals surface area contributed by atoms with Gasteiger partial charge in [-0.3, -0.25) is 0 Å². The van der Waals surface area contributed by atoms with Gasteiger partial charge in [0.1, 0.15) is 0 Å². The molecular weight excluding hydrogens is 154 g/mol. The molecule has 0 aromatic rings. The van der Waals surface area contributed by atoms with E-state index in [1.54, 1.807) is 0 Å². The summed E-state index contributed by atoms with van der Waals surface area (Å²) in [7, 11) is 0. The van der Waals surface area contributed by atoms with Gasteiger partial charge in [0, 0.05) is 0 Å². The molecule has 3 nitrogen and oxygen atoms in total. The Morgan fingerprint density at radius 3 is 1.33 bits per heavy atom. The molecule has 0 bridgehead atoms. The van der Waals surface area contributed by atoms with Crippen molar-refractivity contribution in [2.24, 2.45) is 0 Å². The first kappa shape index (κ1) is 16.6. The third kappa shape index (κ3) is 8650. The van der Waals surface area contributed by atoms with Crippen molar-refractivity contribution in [3.8, 4) is 0 Å². The number of carboxylic acid groups (broad SMARTS) is 2. The Bertz CT molecular complexity index is 33.8. The van der Waals surface area contributed by atoms with E-state index in [4.69, 9.17) is 15.0 Å². The molecule has 38 valence electrons. The fourth-order valence-corrected chi connectivity index (χ4v) is 0. The van der Waals surface area contributed by atoms with E-state index in [0.29, 0.717) is 0 Å². The number of hydrogen-bond acceptors (Lipinski definition) is 3. The van der Waals surface area contributed by atoms with E-state index in [9.17, 15) is 0 Å². The van der Waals surface area contributed by atoms with Crippen LogP contribution in [0.5, 0.6) is 0 Å². The zero-order valence-corrected chi connectivity index (χ0v) is 4.23. The number of carbonyl (C=O) groups is 1. The first-order chi connectivity index (χ1) is 1.73. The van der Waals surface area contributed by atoms with Gasteiger partial charge in [0.2, 0.25) is 0 Å². The standard InChI is InChI=1S/CH2O3.ClH.Co/c2-1(3)4;;/h(H2,2,3,4);1H;/q;;+3/p-3. The summed E-state index contributed by atoms with van der Waals surface area (Å²) in [5.74, 6) is 0. The number of rotatable bonds is 0. The van der Waals surface area contributed by atoms with Gasteiger partial charge in [0.05, 0.1) is 0 Å². The summed E-state index contributed by atoms with van der Waals surface area (Å²) in [5, 5.41) is 16.7. The largest absolute Gasteiger partial charge is 3.00 e. The molecule has 5 heteroatoms. The van der Waals surface area contributed by atoms with Crippen LogP contribution in [0.4, 0.5) is 4.79 Å². The van der Waals surface area contributed by atoms with Crippen molar-refractivity contribution >= 4 is 6.16 Å². The first-order valence-corrected chi connectivity index (χ1v) is 0.612. The van der Waals surface area contributed by atoms with Crippen LogP contribution in [0.25, 0.3) is 0 Å². The molecule has 6 heavy (non-hydrogen) atoms. The minimum Gasteiger partial charge on any atom is -1.00 e. The molecule has 0 saturated heterocycles. The van der Waals surface area contributed by atoms with Crippen LogP contribution in [0.15, 0.2) is 0 Å². The average molecular weight is 154 g/mol. The molecule has 0 amide bonds. The SMILES string of the molecule is O=C([O-])[O-].[Cl-].[Co+3]. The van der Waals surface area contributed by atoms with Crippen LogP contribution >= 0.6 is 0 Å².